The van der Waals surface area contributed by atoms with Crippen molar-refractivity contribution in [2.75, 3.05) is 6.61 Å². The molecule has 0 saturated heterocycles. The molecule has 2 N–H and O–H groups in total. The first-order chi connectivity index (χ1) is 6.31. The van der Waals surface area contributed by atoms with Crippen LogP contribution in [0, 0.1) is 3.70 Å². The summed E-state index contributed by atoms with van der Waals surface area (Å²) < 4.78 is 1.06. The molecular weight excluding hydrogens is 279 g/mol. The van der Waals surface area contributed by atoms with E-state index in [1.165, 1.54) is 0 Å². The van der Waals surface area contributed by atoms with Crippen LogP contribution in [0.25, 0.3) is 10.9 Å². The zero-order chi connectivity index (χ0) is 9.26. The molecule has 2 aromatic rings. The van der Waals surface area contributed by atoms with Gasteiger partial charge in [0.05, 0.1) is 5.52 Å². The van der Waals surface area contributed by atoms with E-state index in [9.17, 15) is 0 Å². The maximum absolute atomic E-state index is 8.77. The van der Waals surface area contributed by atoms with Crippen molar-refractivity contribution in [2.45, 2.75) is 6.42 Å². The van der Waals surface area contributed by atoms with Crippen LogP contribution < -0.4 is 0 Å². The van der Waals surface area contributed by atoms with E-state index < -0.39 is 0 Å². The molecule has 0 aliphatic carbocycles. The van der Waals surface area contributed by atoms with Gasteiger partial charge in [0.15, 0.2) is 0 Å². The maximum Gasteiger partial charge on any atom is 0.104 e. The maximum atomic E-state index is 8.77. The van der Waals surface area contributed by atoms with Crippen molar-refractivity contribution in [3.05, 3.63) is 27.5 Å². The Morgan fingerprint density at radius 1 is 1.46 bits per heavy atom. The Balaban J connectivity index is 2.50. The van der Waals surface area contributed by atoms with E-state index in [1.807, 2.05) is 18.2 Å². The van der Waals surface area contributed by atoms with Crippen molar-refractivity contribution in [2.24, 2.45) is 0 Å². The van der Waals surface area contributed by atoms with Crippen LogP contribution in [0.2, 0.25) is 0 Å². The van der Waals surface area contributed by atoms with Gasteiger partial charge in [0, 0.05) is 12.0 Å². The fourth-order valence-corrected chi connectivity index (χ4v) is 1.89. The van der Waals surface area contributed by atoms with Gasteiger partial charge in [0.25, 0.3) is 0 Å². The molecule has 0 amide bonds. The number of rotatable bonds is 2. The van der Waals surface area contributed by atoms with Gasteiger partial charge >= 0.3 is 0 Å². The molecule has 13 heavy (non-hydrogen) atoms. The number of aromatic nitrogens is 2. The minimum absolute atomic E-state index is 0.188. The predicted octanol–water partition coefficient (Wildman–Crippen LogP) is 1.70. The molecule has 0 atom stereocenters. The molecule has 68 valence electrons. The van der Waals surface area contributed by atoms with E-state index in [0.29, 0.717) is 6.42 Å². The first-order valence-corrected chi connectivity index (χ1v) is 5.12. The summed E-state index contributed by atoms with van der Waals surface area (Å²) in [5.74, 6) is 0. The molecule has 1 aromatic carbocycles. The van der Waals surface area contributed by atoms with Crippen LogP contribution in [0.3, 0.4) is 0 Å². The molecule has 3 nitrogen and oxygen atoms in total. The highest BCUT2D eigenvalue weighted by Crippen LogP contribution is 2.18. The van der Waals surface area contributed by atoms with Gasteiger partial charge in [0.1, 0.15) is 3.70 Å². The first kappa shape index (κ1) is 8.96. The average molecular weight is 288 g/mol. The van der Waals surface area contributed by atoms with Crippen molar-refractivity contribution in [1.29, 1.82) is 0 Å². The van der Waals surface area contributed by atoms with Crippen LogP contribution >= 0.6 is 22.6 Å². The van der Waals surface area contributed by atoms with E-state index in [2.05, 4.69) is 32.8 Å². The minimum Gasteiger partial charge on any atom is -0.396 e. The van der Waals surface area contributed by atoms with E-state index >= 15 is 0 Å². The normalized spacial score (nSPS) is 10.9. The van der Waals surface area contributed by atoms with Crippen LogP contribution in [0.4, 0.5) is 0 Å². The van der Waals surface area contributed by atoms with Crippen LogP contribution in [0.1, 0.15) is 5.56 Å². The predicted molar refractivity (Wildman–Crippen MR) is 59.6 cm³/mol. The summed E-state index contributed by atoms with van der Waals surface area (Å²) in [6.07, 6.45) is 0.694. The number of halogens is 1. The summed E-state index contributed by atoms with van der Waals surface area (Å²) in [6.45, 7) is 0.188. The van der Waals surface area contributed by atoms with Gasteiger partial charge in [0.2, 0.25) is 0 Å². The molecule has 0 saturated carbocycles. The molecule has 0 aliphatic heterocycles. The molecule has 1 aromatic heterocycles. The zero-order valence-corrected chi connectivity index (χ0v) is 9.08. The monoisotopic (exact) mass is 288 g/mol. The number of aliphatic hydroxyl groups is 1. The number of H-pyrrole nitrogens is 1. The van der Waals surface area contributed by atoms with E-state index in [4.69, 9.17) is 5.11 Å². The second-order valence-corrected chi connectivity index (χ2v) is 3.94. The van der Waals surface area contributed by atoms with E-state index in [-0.39, 0.29) is 6.61 Å². The number of hydrogen-bond donors (Lipinski definition) is 2. The topological polar surface area (TPSA) is 48.9 Å². The van der Waals surface area contributed by atoms with Crippen molar-refractivity contribution < 1.29 is 5.11 Å². The summed E-state index contributed by atoms with van der Waals surface area (Å²) >= 11 is 2.22. The number of benzene rings is 1. The lowest BCUT2D eigenvalue weighted by Gasteiger charge is -1.96. The lowest BCUT2D eigenvalue weighted by Crippen LogP contribution is -1.89. The molecular formula is C9H9IN2O. The number of nitrogens with zero attached hydrogens (tertiary/aromatic N) is 1. The van der Waals surface area contributed by atoms with Gasteiger partial charge < -0.3 is 5.11 Å². The van der Waals surface area contributed by atoms with E-state index in [0.717, 1.165) is 20.2 Å². The van der Waals surface area contributed by atoms with Crippen molar-refractivity contribution in [1.82, 2.24) is 10.2 Å². The Hall–Kier alpha value is -0.620. The highest BCUT2D eigenvalue weighted by Gasteiger charge is 2.02. The van der Waals surface area contributed by atoms with Gasteiger partial charge in [-0.15, -0.1) is 0 Å². The third-order valence-electron chi connectivity index (χ3n) is 1.97. The Kier molecular flexibility index (Phi) is 2.50. The SMILES string of the molecule is OCCc1ccc2c(I)[nH]nc2c1. The molecule has 1 heterocycles. The standard InChI is InChI=1S/C9H9IN2O/c10-9-7-2-1-6(3-4-13)5-8(7)11-12-9/h1-2,5,13H,3-4H2,(H,11,12). The van der Waals surface area contributed by atoms with Crippen LogP contribution in [0.15, 0.2) is 18.2 Å². The van der Waals surface area contributed by atoms with Gasteiger partial charge in [-0.25, -0.2) is 0 Å². The second-order valence-electron chi connectivity index (χ2n) is 2.86. The molecule has 0 spiro atoms. The van der Waals surface area contributed by atoms with Crippen molar-refractivity contribution >= 4 is 33.5 Å². The fraction of sp³-hybridized carbons (Fsp3) is 0.222. The molecule has 0 radical (unpaired) electrons. The summed E-state index contributed by atoms with van der Waals surface area (Å²) in [4.78, 5) is 0. The van der Waals surface area contributed by atoms with Crippen LogP contribution in [-0.4, -0.2) is 21.9 Å². The Bertz CT molecular complexity index is 424. The number of fused-ring (bicyclic) bond motifs is 1. The van der Waals surface area contributed by atoms with Crippen LogP contribution in [-0.2, 0) is 6.42 Å². The minimum atomic E-state index is 0.188. The number of nitrogens with one attached hydrogen (secondary N) is 1. The first-order valence-electron chi connectivity index (χ1n) is 4.04. The highest BCUT2D eigenvalue weighted by molar-refractivity contribution is 14.1. The lowest BCUT2D eigenvalue weighted by atomic mass is 10.1. The molecule has 0 aliphatic rings. The van der Waals surface area contributed by atoms with Gasteiger partial charge in [-0.1, -0.05) is 6.07 Å². The van der Waals surface area contributed by atoms with Gasteiger partial charge in [-0.2, -0.15) is 5.10 Å². The molecule has 4 heteroatoms. The fourth-order valence-electron chi connectivity index (χ4n) is 1.31. The molecule has 2 rings (SSSR count). The lowest BCUT2D eigenvalue weighted by molar-refractivity contribution is 0.299. The quantitative estimate of drug-likeness (QED) is 0.826. The Labute approximate surface area is 89.3 Å². The second kappa shape index (κ2) is 3.63. The summed E-state index contributed by atoms with van der Waals surface area (Å²) in [5.41, 5.74) is 2.09. The summed E-state index contributed by atoms with van der Waals surface area (Å²) in [5, 5.41) is 17.0. The van der Waals surface area contributed by atoms with Crippen molar-refractivity contribution in [3.63, 3.8) is 0 Å². The molecule has 0 fully saturated rings. The Morgan fingerprint density at radius 3 is 3.08 bits per heavy atom. The summed E-state index contributed by atoms with van der Waals surface area (Å²) in [7, 11) is 0. The largest absolute Gasteiger partial charge is 0.396 e. The van der Waals surface area contributed by atoms with Gasteiger partial charge in [-0.3, -0.25) is 5.10 Å². The number of aliphatic hydroxyl groups excluding tert-OH is 1. The molecule has 0 unspecified atom stereocenters. The highest BCUT2D eigenvalue weighted by atomic mass is 127. The van der Waals surface area contributed by atoms with Crippen molar-refractivity contribution in [3.8, 4) is 0 Å². The number of aromatic amines is 1. The smallest absolute Gasteiger partial charge is 0.104 e. The molecule has 0 bridgehead atoms. The summed E-state index contributed by atoms with van der Waals surface area (Å²) in [6, 6.07) is 6.06. The third-order valence-corrected chi connectivity index (χ3v) is 2.80. The third kappa shape index (κ3) is 1.68. The Morgan fingerprint density at radius 2 is 2.31 bits per heavy atom. The zero-order valence-electron chi connectivity index (χ0n) is 6.92. The van der Waals surface area contributed by atoms with Gasteiger partial charge in [-0.05, 0) is 46.7 Å². The average Bonchev–Trinajstić information content (AvgIpc) is 2.48. The number of hydrogen-bond acceptors (Lipinski definition) is 2. The van der Waals surface area contributed by atoms with E-state index in [1.54, 1.807) is 0 Å². The van der Waals surface area contributed by atoms with Crippen LogP contribution in [0.5, 0.6) is 0 Å².